The van der Waals surface area contributed by atoms with E-state index in [1.165, 1.54) is 0 Å². The second-order valence-electron chi connectivity index (χ2n) is 1.13. The van der Waals surface area contributed by atoms with Crippen molar-refractivity contribution in [3.63, 3.8) is 0 Å². The molecule has 0 amide bonds. The van der Waals surface area contributed by atoms with Crippen LogP contribution in [0.3, 0.4) is 0 Å². The molecular weight excluding hydrogens is 314 g/mol. The molecule has 0 aromatic rings. The van der Waals surface area contributed by atoms with E-state index in [9.17, 15) is 1.88 Å². The molecule has 0 bridgehead atoms. The minimum atomic E-state index is -7.01. The van der Waals surface area contributed by atoms with Crippen molar-refractivity contribution in [2.75, 3.05) is 0 Å². The molecule has 2 nitrogen and oxygen atoms in total. The van der Waals surface area contributed by atoms with Gasteiger partial charge in [0.05, 0.1) is 0 Å². The molecule has 0 radical (unpaired) electrons. The van der Waals surface area contributed by atoms with E-state index in [1.54, 1.807) is 0 Å². The summed E-state index contributed by atoms with van der Waals surface area (Å²) in [4.78, 5) is 0. The molecular formula is CeCl4O2. The van der Waals surface area contributed by atoms with Crippen LogP contribution in [0.15, 0.2) is 0 Å². The molecule has 0 aliphatic heterocycles. The van der Waals surface area contributed by atoms with E-state index in [0.29, 0.717) is 0 Å². The van der Waals surface area contributed by atoms with Crippen LogP contribution in [0, 0.1) is 23.0 Å². The van der Waals surface area contributed by atoms with Gasteiger partial charge in [0.2, 0.25) is 0 Å². The molecule has 0 atom stereocenters. The van der Waals surface area contributed by atoms with Gasteiger partial charge in [-0.1, -0.05) is 0 Å². The predicted molar refractivity (Wildman–Crippen MR) is 24.8 cm³/mol. The van der Waals surface area contributed by atoms with Crippen LogP contribution in [0.25, 0.3) is 0 Å². The van der Waals surface area contributed by atoms with Gasteiger partial charge in [0.15, 0.2) is 0 Å². The Hall–Kier alpha value is 2.14. The average molecular weight is 314 g/mol. The van der Waals surface area contributed by atoms with Gasteiger partial charge in [-0.25, -0.2) is 0 Å². The Morgan fingerprint density at radius 2 is 0.857 bits per heavy atom. The summed E-state index contributed by atoms with van der Waals surface area (Å²) in [6.45, 7) is 0. The average Bonchev–Trinajstić information content (AvgIpc) is 0.592. The first-order valence-electron chi connectivity index (χ1n) is 1.16. The number of halogens is 4. The molecule has 0 aliphatic carbocycles. The third-order valence-electron chi connectivity index (χ3n) is 0. The predicted octanol–water partition coefficient (Wildman–Crippen LogP) is 2.52. The van der Waals surface area contributed by atoms with Crippen molar-refractivity contribution >= 4 is 22.5 Å². The van der Waals surface area contributed by atoms with Crippen LogP contribution in [-0.2, 0) is 1.88 Å². The van der Waals surface area contributed by atoms with E-state index in [2.05, 4.69) is 22.5 Å². The van der Waals surface area contributed by atoms with Gasteiger partial charge in [-0.2, -0.15) is 0 Å². The molecule has 7 heteroatoms. The summed E-state index contributed by atoms with van der Waals surface area (Å²) in [5.74, 6) is 0. The summed E-state index contributed by atoms with van der Waals surface area (Å²) in [6.07, 6.45) is 0. The first-order valence-corrected chi connectivity index (χ1v) is 19.5. The van der Waals surface area contributed by atoms with E-state index < -0.39 is 23.0 Å². The van der Waals surface area contributed by atoms with Gasteiger partial charge < -0.3 is 0 Å². The van der Waals surface area contributed by atoms with Gasteiger partial charge in [0, 0.05) is 0 Å². The fraction of sp³-hybridized carbons (Fsp3) is 0. The minimum absolute atomic E-state index is 4.44. The number of hydrogen-bond donors (Lipinski definition) is 0. The van der Waals surface area contributed by atoms with Crippen LogP contribution in [0.2, 0.25) is 0 Å². The Bertz CT molecular complexity index is 189. The molecule has 0 unspecified atom stereocenters. The Morgan fingerprint density at radius 1 is 0.857 bits per heavy atom. The molecule has 0 fully saturated rings. The molecule has 0 rings (SSSR count). The Kier molecular flexibility index (Phi) is 1.84. The van der Waals surface area contributed by atoms with Crippen molar-refractivity contribution in [3.8, 4) is 0 Å². The summed E-state index contributed by atoms with van der Waals surface area (Å²) in [5.41, 5.74) is 17.7. The van der Waals surface area contributed by atoms with E-state index in [-0.39, 0.29) is 0 Å². The molecule has 0 saturated carbocycles. The first-order chi connectivity index (χ1) is 2.45. The van der Waals surface area contributed by atoms with Crippen LogP contribution < -0.4 is 0 Å². The van der Waals surface area contributed by atoms with Crippen LogP contribution in [-0.4, -0.2) is 0 Å². The molecule has 7 heavy (non-hydrogen) atoms. The molecule has 0 heterocycles. The molecule has 0 saturated heterocycles. The van der Waals surface area contributed by atoms with E-state index in [1.807, 2.05) is 0 Å². The summed E-state index contributed by atoms with van der Waals surface area (Å²) in [7, 11) is 0. The van der Waals surface area contributed by atoms with Crippen molar-refractivity contribution in [2.24, 2.45) is 0 Å². The Morgan fingerprint density at radius 3 is 0.857 bits per heavy atom. The second kappa shape index (κ2) is 1.41. The number of hydrogen-bond acceptors (Lipinski definition) is 2. The van der Waals surface area contributed by atoms with E-state index in [4.69, 9.17) is 0 Å². The van der Waals surface area contributed by atoms with Crippen LogP contribution in [0.4, 0.5) is 0 Å². The molecule has 0 N–H and O–H groups in total. The fourth-order valence-electron chi connectivity index (χ4n) is 0. The third-order valence-corrected chi connectivity index (χ3v) is 0. The topological polar surface area (TPSA) is 34.1 Å². The van der Waals surface area contributed by atoms with Crippen LogP contribution in [0.1, 0.15) is 0 Å². The standard InChI is InChI=1S/Ce.4ClH.2O/h;4*1H;;/q+4;;;;;;/p-4. The zero-order valence-electron chi connectivity index (χ0n) is 2.83. The zero-order chi connectivity index (χ0) is 6.41. The van der Waals surface area contributed by atoms with E-state index in [0.717, 1.165) is 0 Å². The summed E-state index contributed by atoms with van der Waals surface area (Å²) >= 11 is -7.01. The van der Waals surface area contributed by atoms with Gasteiger partial charge in [-0.05, 0) is 0 Å². The van der Waals surface area contributed by atoms with Crippen molar-refractivity contribution < 1.29 is 24.9 Å². The molecule has 0 aliphatic rings. The summed E-state index contributed by atoms with van der Waals surface area (Å²) in [6, 6.07) is 0. The maximum atomic E-state index is 9.97. The SMILES string of the molecule is [O]=[Ce](=[O])([Cl])([Cl])([Cl])[Cl]. The quantitative estimate of drug-likeness (QED) is 0.688. The van der Waals surface area contributed by atoms with E-state index >= 15 is 0 Å². The monoisotopic (exact) mass is 312 g/mol. The second-order valence-corrected chi connectivity index (χ2v) is 42.2. The van der Waals surface area contributed by atoms with Gasteiger partial charge in [0.1, 0.15) is 0 Å². The van der Waals surface area contributed by atoms with Gasteiger partial charge in [-0.3, -0.25) is 0 Å². The Labute approximate surface area is 45.9 Å². The van der Waals surface area contributed by atoms with Gasteiger partial charge in [0.25, 0.3) is 0 Å². The maximum absolute atomic E-state index is 9.97. The first kappa shape index (κ1) is 9.14. The van der Waals surface area contributed by atoms with Crippen molar-refractivity contribution in [3.05, 3.63) is 0 Å². The molecule has 44 valence electrons. The van der Waals surface area contributed by atoms with Crippen molar-refractivity contribution in [1.29, 1.82) is 0 Å². The van der Waals surface area contributed by atoms with Crippen LogP contribution in [0.5, 0.6) is 0 Å². The molecule has 0 aromatic heterocycles. The van der Waals surface area contributed by atoms with Crippen molar-refractivity contribution in [2.45, 2.75) is 0 Å². The zero-order valence-corrected chi connectivity index (χ0v) is 8.99. The summed E-state index contributed by atoms with van der Waals surface area (Å²) < 4.78 is 19.9. The van der Waals surface area contributed by atoms with Crippen LogP contribution >= 0.6 is 22.5 Å². The van der Waals surface area contributed by atoms with Gasteiger partial charge >= 0.3 is 47.4 Å². The third kappa shape index (κ3) is 67.1. The number of rotatable bonds is 0. The normalized spacial score (nSPS) is 17.7. The molecule has 0 aromatic carbocycles. The van der Waals surface area contributed by atoms with Crippen molar-refractivity contribution in [1.82, 2.24) is 0 Å². The summed E-state index contributed by atoms with van der Waals surface area (Å²) in [5, 5.41) is 0. The Balaban J connectivity index is 5.35. The molecule has 0 spiro atoms. The fourth-order valence-corrected chi connectivity index (χ4v) is 0. The van der Waals surface area contributed by atoms with Gasteiger partial charge in [-0.15, -0.1) is 0 Å².